The van der Waals surface area contributed by atoms with E-state index < -0.39 is 21.9 Å². The molecule has 5 rings (SSSR count). The number of amides is 1. The summed E-state index contributed by atoms with van der Waals surface area (Å²) in [6.07, 6.45) is 1.45. The second-order valence-corrected chi connectivity index (χ2v) is 13.5. The number of benzene rings is 3. The smallest absolute Gasteiger partial charge is 0.340 e. The molecule has 1 aliphatic heterocycles. The average Bonchev–Trinajstić information content (AvgIpc) is 3.59. The van der Waals surface area contributed by atoms with Crippen LogP contribution in [0.3, 0.4) is 0 Å². The fourth-order valence-electron chi connectivity index (χ4n) is 5.02. The molecule has 47 heavy (non-hydrogen) atoms. The number of esters is 1. The topological polar surface area (TPSA) is 106 Å². The van der Waals surface area contributed by atoms with Gasteiger partial charge in [-0.25, -0.2) is 13.2 Å². The number of halogens is 3. The number of rotatable bonds is 11. The minimum atomic E-state index is -4.05. The zero-order chi connectivity index (χ0) is 33.9. The number of carbonyl (C=O) groups is 2. The van der Waals surface area contributed by atoms with Crippen LogP contribution < -0.4 is 9.64 Å². The number of hydrogen-bond acceptors (Lipinski definition) is 7. The molecule has 3 aromatic carbocycles. The van der Waals surface area contributed by atoms with E-state index in [1.165, 1.54) is 46.7 Å². The Bertz CT molecular complexity index is 1990. The van der Waals surface area contributed by atoms with Crippen LogP contribution in [0.1, 0.15) is 30.9 Å². The van der Waals surface area contributed by atoms with E-state index in [0.717, 1.165) is 0 Å². The van der Waals surface area contributed by atoms with E-state index in [0.29, 0.717) is 32.7 Å². The number of hydrogen-bond donors (Lipinski definition) is 0. The van der Waals surface area contributed by atoms with E-state index in [4.69, 9.17) is 48.7 Å². The standard InChI is InChI=1S/C34H29Cl3N2O7S/c1-4-45-34(41)32-21(2)39(24-8-10-25(44-3)11-9-24)33(40)29(32)18-26-12-13-27(46-26)20-38(19-22-5-16-30(36)31(37)17-22)47(42,43)28-14-6-23(35)7-15-28/h5-18H,4,19-20H2,1-3H3/b29-18+. The molecule has 0 fully saturated rings. The Morgan fingerprint density at radius 2 is 1.64 bits per heavy atom. The molecule has 0 spiro atoms. The summed E-state index contributed by atoms with van der Waals surface area (Å²) in [4.78, 5) is 28.3. The van der Waals surface area contributed by atoms with Crippen molar-refractivity contribution in [2.75, 3.05) is 18.6 Å². The van der Waals surface area contributed by atoms with Crippen LogP contribution in [0.5, 0.6) is 5.75 Å². The highest BCUT2D eigenvalue weighted by Crippen LogP contribution is 2.36. The number of methoxy groups -OCH3 is 1. The van der Waals surface area contributed by atoms with Crippen LogP contribution >= 0.6 is 34.8 Å². The first kappa shape index (κ1) is 34.3. The van der Waals surface area contributed by atoms with Crippen molar-refractivity contribution in [3.63, 3.8) is 0 Å². The van der Waals surface area contributed by atoms with Crippen molar-refractivity contribution in [1.29, 1.82) is 0 Å². The number of nitrogens with zero attached hydrogens (tertiary/aromatic N) is 2. The summed E-state index contributed by atoms with van der Waals surface area (Å²) in [6.45, 7) is 3.23. The van der Waals surface area contributed by atoms with Crippen LogP contribution in [0.25, 0.3) is 6.08 Å². The zero-order valence-electron chi connectivity index (χ0n) is 25.5. The van der Waals surface area contributed by atoms with Gasteiger partial charge in [-0.15, -0.1) is 0 Å². The molecule has 4 aromatic rings. The highest BCUT2D eigenvalue weighted by Gasteiger charge is 2.38. The van der Waals surface area contributed by atoms with E-state index in [-0.39, 0.29) is 52.3 Å². The van der Waals surface area contributed by atoms with Crippen molar-refractivity contribution < 1.29 is 31.9 Å². The largest absolute Gasteiger partial charge is 0.497 e. The van der Waals surface area contributed by atoms with E-state index >= 15 is 0 Å². The van der Waals surface area contributed by atoms with Gasteiger partial charge in [0.1, 0.15) is 17.3 Å². The Hall–Kier alpha value is -4.06. The van der Waals surface area contributed by atoms with Gasteiger partial charge in [-0.2, -0.15) is 4.31 Å². The molecule has 0 unspecified atom stereocenters. The van der Waals surface area contributed by atoms with Crippen LogP contribution in [0.2, 0.25) is 15.1 Å². The lowest BCUT2D eigenvalue weighted by atomic mass is 10.1. The molecule has 1 amide bonds. The molecule has 0 aliphatic carbocycles. The first-order valence-electron chi connectivity index (χ1n) is 14.3. The first-order valence-corrected chi connectivity index (χ1v) is 16.9. The van der Waals surface area contributed by atoms with Gasteiger partial charge in [0, 0.05) is 23.0 Å². The van der Waals surface area contributed by atoms with Gasteiger partial charge in [0.25, 0.3) is 5.91 Å². The summed E-state index contributed by atoms with van der Waals surface area (Å²) in [5, 5.41) is 1.01. The van der Waals surface area contributed by atoms with Gasteiger partial charge in [-0.3, -0.25) is 9.69 Å². The maximum absolute atomic E-state index is 13.8. The number of sulfonamides is 1. The van der Waals surface area contributed by atoms with Gasteiger partial charge in [0.2, 0.25) is 10.0 Å². The summed E-state index contributed by atoms with van der Waals surface area (Å²) in [5.74, 6) is 0.00508. The van der Waals surface area contributed by atoms with E-state index in [9.17, 15) is 18.0 Å². The summed E-state index contributed by atoms with van der Waals surface area (Å²) >= 11 is 18.3. The van der Waals surface area contributed by atoms with Gasteiger partial charge in [0.05, 0.1) is 46.3 Å². The molecule has 0 N–H and O–H groups in total. The molecule has 1 aliphatic rings. The third-order valence-electron chi connectivity index (χ3n) is 7.31. The van der Waals surface area contributed by atoms with Gasteiger partial charge in [-0.1, -0.05) is 40.9 Å². The molecule has 0 saturated carbocycles. The Morgan fingerprint density at radius 3 is 2.28 bits per heavy atom. The summed E-state index contributed by atoms with van der Waals surface area (Å²) in [6, 6.07) is 20.7. The third kappa shape index (κ3) is 7.42. The number of ether oxygens (including phenoxy) is 2. The maximum atomic E-state index is 13.8. The second kappa shape index (κ2) is 14.4. The van der Waals surface area contributed by atoms with Crippen LogP contribution in [0, 0.1) is 0 Å². The second-order valence-electron chi connectivity index (χ2n) is 10.4. The molecule has 0 bridgehead atoms. The van der Waals surface area contributed by atoms with E-state index in [2.05, 4.69) is 0 Å². The molecule has 244 valence electrons. The summed E-state index contributed by atoms with van der Waals surface area (Å²) in [7, 11) is -2.51. The van der Waals surface area contributed by atoms with Gasteiger partial charge < -0.3 is 13.9 Å². The molecule has 9 nitrogen and oxygen atoms in total. The molecule has 0 atom stereocenters. The maximum Gasteiger partial charge on any atom is 0.340 e. The lowest BCUT2D eigenvalue weighted by Gasteiger charge is -2.22. The van der Waals surface area contributed by atoms with Crippen molar-refractivity contribution in [2.24, 2.45) is 0 Å². The quantitative estimate of drug-likeness (QED) is 0.115. The lowest BCUT2D eigenvalue weighted by molar-refractivity contribution is -0.138. The molecule has 0 radical (unpaired) electrons. The fraction of sp³-hybridized carbons (Fsp3) is 0.176. The molecule has 2 heterocycles. The normalized spacial score (nSPS) is 14.4. The number of allylic oxidation sites excluding steroid dienone is 1. The molecular weight excluding hydrogens is 687 g/mol. The third-order valence-corrected chi connectivity index (χ3v) is 10.1. The number of furan rings is 1. The fourth-order valence-corrected chi connectivity index (χ4v) is 6.86. The minimum Gasteiger partial charge on any atom is -0.497 e. The van der Waals surface area contributed by atoms with Gasteiger partial charge in [-0.05, 0) is 98.3 Å². The van der Waals surface area contributed by atoms with Crippen molar-refractivity contribution in [3.05, 3.63) is 128 Å². The van der Waals surface area contributed by atoms with Crippen molar-refractivity contribution in [1.82, 2.24) is 4.31 Å². The van der Waals surface area contributed by atoms with E-state index in [1.54, 1.807) is 68.4 Å². The van der Waals surface area contributed by atoms with Crippen LogP contribution in [0.4, 0.5) is 5.69 Å². The molecule has 1 aromatic heterocycles. The molecular formula is C34H29Cl3N2O7S. The van der Waals surface area contributed by atoms with Crippen LogP contribution in [0.15, 0.2) is 105 Å². The Kier molecular flexibility index (Phi) is 10.5. The number of carbonyl (C=O) groups excluding carboxylic acids is 2. The van der Waals surface area contributed by atoms with Crippen LogP contribution in [-0.2, 0) is 37.4 Å². The SMILES string of the molecule is CCOC(=O)C1=C(C)N(c2ccc(OC)cc2)C(=O)/C1=C/c1ccc(CN(Cc2ccc(Cl)c(Cl)c2)S(=O)(=O)c2ccc(Cl)cc2)o1. The Morgan fingerprint density at radius 1 is 0.936 bits per heavy atom. The van der Waals surface area contributed by atoms with Gasteiger partial charge in [0.15, 0.2) is 0 Å². The average molecular weight is 716 g/mol. The van der Waals surface area contributed by atoms with E-state index in [1.807, 2.05) is 0 Å². The summed E-state index contributed by atoms with van der Waals surface area (Å²) in [5.41, 5.74) is 1.68. The van der Waals surface area contributed by atoms with Crippen LogP contribution in [-0.4, -0.2) is 38.3 Å². The highest BCUT2D eigenvalue weighted by molar-refractivity contribution is 7.89. The summed E-state index contributed by atoms with van der Waals surface area (Å²) < 4.78 is 45.4. The number of anilines is 1. The lowest BCUT2D eigenvalue weighted by Crippen LogP contribution is -2.30. The first-order chi connectivity index (χ1) is 22.4. The zero-order valence-corrected chi connectivity index (χ0v) is 28.6. The predicted octanol–water partition coefficient (Wildman–Crippen LogP) is 7.91. The van der Waals surface area contributed by atoms with Crippen molar-refractivity contribution >= 4 is 68.5 Å². The van der Waals surface area contributed by atoms with Crippen molar-refractivity contribution in [3.8, 4) is 5.75 Å². The van der Waals surface area contributed by atoms with Crippen molar-refractivity contribution in [2.45, 2.75) is 31.8 Å². The minimum absolute atomic E-state index is 0.0331. The molecule has 13 heteroatoms. The Labute approximate surface area is 287 Å². The molecule has 0 saturated heterocycles. The highest BCUT2D eigenvalue weighted by atomic mass is 35.5. The Balaban J connectivity index is 1.49. The monoisotopic (exact) mass is 714 g/mol. The van der Waals surface area contributed by atoms with Gasteiger partial charge >= 0.3 is 5.97 Å². The predicted molar refractivity (Wildman–Crippen MR) is 181 cm³/mol.